The fraction of sp³-hybridized carbons (Fsp3) is 0.500. The van der Waals surface area contributed by atoms with Gasteiger partial charge in [0.1, 0.15) is 5.82 Å². The Bertz CT molecular complexity index is 323. The molecule has 3 heteroatoms. The molecule has 0 spiro atoms. The molecule has 0 aromatic heterocycles. The summed E-state index contributed by atoms with van der Waals surface area (Å²) >= 11 is 6.00. The Morgan fingerprint density at radius 3 is 2.47 bits per heavy atom. The lowest BCUT2D eigenvalue weighted by Gasteiger charge is -2.22. The fourth-order valence-corrected chi connectivity index (χ4v) is 2.06. The molecule has 1 nitrogen and oxygen atoms in total. The van der Waals surface area contributed by atoms with Crippen LogP contribution in [0.5, 0.6) is 0 Å². The molecule has 15 heavy (non-hydrogen) atoms. The molecule has 1 atom stereocenters. The molecule has 0 saturated heterocycles. The molecule has 1 rings (SSSR count). The summed E-state index contributed by atoms with van der Waals surface area (Å²) in [6, 6.07) is 4.17. The van der Waals surface area contributed by atoms with Gasteiger partial charge in [-0.05, 0) is 29.7 Å². The maximum Gasteiger partial charge on any atom is 0.123 e. The SMILES string of the molecule is CCC(CC)C(N)c1cc(F)ccc1Cl. The lowest BCUT2D eigenvalue weighted by atomic mass is 9.89. The van der Waals surface area contributed by atoms with Crippen LogP contribution in [0.15, 0.2) is 18.2 Å². The summed E-state index contributed by atoms with van der Waals surface area (Å²) in [5.41, 5.74) is 6.79. The van der Waals surface area contributed by atoms with Gasteiger partial charge in [0, 0.05) is 11.1 Å². The predicted molar refractivity (Wildman–Crippen MR) is 62.4 cm³/mol. The zero-order chi connectivity index (χ0) is 11.4. The third kappa shape index (κ3) is 2.93. The molecular formula is C12H17ClFN. The van der Waals surface area contributed by atoms with Gasteiger partial charge < -0.3 is 5.73 Å². The topological polar surface area (TPSA) is 26.0 Å². The van der Waals surface area contributed by atoms with Gasteiger partial charge in [-0.1, -0.05) is 38.3 Å². The van der Waals surface area contributed by atoms with Crippen LogP contribution in [0.1, 0.15) is 38.3 Å². The van der Waals surface area contributed by atoms with E-state index in [1.54, 1.807) is 6.07 Å². The highest BCUT2D eigenvalue weighted by Gasteiger charge is 2.18. The molecule has 2 N–H and O–H groups in total. The number of benzene rings is 1. The van der Waals surface area contributed by atoms with E-state index in [0.717, 1.165) is 12.8 Å². The molecule has 1 aromatic rings. The number of halogens is 2. The molecule has 1 unspecified atom stereocenters. The number of hydrogen-bond acceptors (Lipinski definition) is 1. The van der Waals surface area contributed by atoms with Crippen LogP contribution in [0.25, 0.3) is 0 Å². The van der Waals surface area contributed by atoms with Gasteiger partial charge in [-0.15, -0.1) is 0 Å². The van der Waals surface area contributed by atoms with E-state index in [2.05, 4.69) is 13.8 Å². The van der Waals surface area contributed by atoms with Gasteiger partial charge >= 0.3 is 0 Å². The number of nitrogens with two attached hydrogens (primary N) is 1. The molecule has 0 fully saturated rings. The first-order chi connectivity index (χ1) is 7.10. The van der Waals surface area contributed by atoms with Gasteiger partial charge in [0.25, 0.3) is 0 Å². The van der Waals surface area contributed by atoms with Crippen LogP contribution in [0.4, 0.5) is 4.39 Å². The monoisotopic (exact) mass is 229 g/mol. The van der Waals surface area contributed by atoms with Gasteiger partial charge in [-0.3, -0.25) is 0 Å². The van der Waals surface area contributed by atoms with Crippen molar-refractivity contribution in [3.8, 4) is 0 Å². The average Bonchev–Trinajstić information content (AvgIpc) is 2.23. The van der Waals surface area contributed by atoms with Crippen molar-refractivity contribution in [3.05, 3.63) is 34.6 Å². The number of hydrogen-bond donors (Lipinski definition) is 1. The zero-order valence-electron chi connectivity index (χ0n) is 9.13. The third-order valence-electron chi connectivity index (χ3n) is 2.87. The molecule has 0 aliphatic rings. The Morgan fingerprint density at radius 1 is 1.33 bits per heavy atom. The second-order valence-electron chi connectivity index (χ2n) is 3.77. The van der Waals surface area contributed by atoms with Gasteiger partial charge in [0.05, 0.1) is 0 Å². The van der Waals surface area contributed by atoms with Crippen LogP contribution in [-0.2, 0) is 0 Å². The maximum absolute atomic E-state index is 13.1. The van der Waals surface area contributed by atoms with Crippen molar-refractivity contribution in [2.45, 2.75) is 32.7 Å². The molecule has 0 bridgehead atoms. The van der Waals surface area contributed by atoms with E-state index in [0.29, 0.717) is 16.5 Å². The minimum atomic E-state index is -0.282. The van der Waals surface area contributed by atoms with Gasteiger partial charge in [-0.2, -0.15) is 0 Å². The summed E-state index contributed by atoms with van der Waals surface area (Å²) < 4.78 is 13.1. The van der Waals surface area contributed by atoms with E-state index in [1.165, 1.54) is 12.1 Å². The highest BCUT2D eigenvalue weighted by molar-refractivity contribution is 6.31. The van der Waals surface area contributed by atoms with Crippen LogP contribution in [0.3, 0.4) is 0 Å². The van der Waals surface area contributed by atoms with E-state index in [9.17, 15) is 4.39 Å². The summed E-state index contributed by atoms with van der Waals surface area (Å²) in [4.78, 5) is 0. The largest absolute Gasteiger partial charge is 0.324 e. The summed E-state index contributed by atoms with van der Waals surface area (Å²) in [5, 5.41) is 0.552. The van der Waals surface area contributed by atoms with Crippen molar-refractivity contribution in [1.82, 2.24) is 0 Å². The van der Waals surface area contributed by atoms with E-state index in [4.69, 9.17) is 17.3 Å². The van der Waals surface area contributed by atoms with E-state index >= 15 is 0 Å². The zero-order valence-corrected chi connectivity index (χ0v) is 9.89. The smallest absolute Gasteiger partial charge is 0.123 e. The molecule has 0 saturated carbocycles. The predicted octanol–water partition coefficient (Wildman–Crippen LogP) is 3.92. The van der Waals surface area contributed by atoms with Crippen LogP contribution in [-0.4, -0.2) is 0 Å². The maximum atomic E-state index is 13.1. The summed E-state index contributed by atoms with van der Waals surface area (Å²) in [5.74, 6) is 0.0695. The quantitative estimate of drug-likeness (QED) is 0.832. The van der Waals surface area contributed by atoms with Gasteiger partial charge in [-0.25, -0.2) is 4.39 Å². The summed E-state index contributed by atoms with van der Waals surface area (Å²) in [6.07, 6.45) is 1.95. The van der Waals surface area contributed by atoms with Crippen molar-refractivity contribution in [1.29, 1.82) is 0 Å². The minimum Gasteiger partial charge on any atom is -0.324 e. The number of rotatable bonds is 4. The van der Waals surface area contributed by atoms with Crippen molar-refractivity contribution < 1.29 is 4.39 Å². The second-order valence-corrected chi connectivity index (χ2v) is 4.18. The standard InChI is InChI=1S/C12H17ClFN/c1-3-8(4-2)12(15)10-7-9(14)5-6-11(10)13/h5-8,12H,3-4,15H2,1-2H3. The molecular weight excluding hydrogens is 213 g/mol. The van der Waals surface area contributed by atoms with Gasteiger partial charge in [0.15, 0.2) is 0 Å². The Labute approximate surface area is 95.4 Å². The fourth-order valence-electron chi connectivity index (χ4n) is 1.82. The van der Waals surface area contributed by atoms with Crippen LogP contribution in [0, 0.1) is 11.7 Å². The minimum absolute atomic E-state index is 0.178. The highest BCUT2D eigenvalue weighted by atomic mass is 35.5. The highest BCUT2D eigenvalue weighted by Crippen LogP contribution is 2.30. The Balaban J connectivity index is 2.98. The molecule has 0 aliphatic heterocycles. The molecule has 0 amide bonds. The normalized spacial score (nSPS) is 13.2. The summed E-state index contributed by atoms with van der Waals surface area (Å²) in [7, 11) is 0. The molecule has 0 aliphatic carbocycles. The lowest BCUT2D eigenvalue weighted by molar-refractivity contribution is 0.404. The van der Waals surface area contributed by atoms with E-state index < -0.39 is 0 Å². The van der Waals surface area contributed by atoms with Crippen molar-refractivity contribution in [2.75, 3.05) is 0 Å². The van der Waals surface area contributed by atoms with Crippen LogP contribution >= 0.6 is 11.6 Å². The van der Waals surface area contributed by atoms with E-state index in [-0.39, 0.29) is 11.9 Å². The molecule has 84 valence electrons. The van der Waals surface area contributed by atoms with E-state index in [1.807, 2.05) is 0 Å². The molecule has 1 aromatic carbocycles. The van der Waals surface area contributed by atoms with Crippen LogP contribution in [0.2, 0.25) is 5.02 Å². The first-order valence-corrected chi connectivity index (χ1v) is 5.68. The Morgan fingerprint density at radius 2 is 1.93 bits per heavy atom. The molecule has 0 radical (unpaired) electrons. The lowest BCUT2D eigenvalue weighted by Crippen LogP contribution is -2.21. The third-order valence-corrected chi connectivity index (χ3v) is 3.22. The molecule has 0 heterocycles. The summed E-state index contributed by atoms with van der Waals surface area (Å²) in [6.45, 7) is 4.17. The first-order valence-electron chi connectivity index (χ1n) is 5.30. The van der Waals surface area contributed by atoms with Crippen molar-refractivity contribution in [3.63, 3.8) is 0 Å². The van der Waals surface area contributed by atoms with Crippen molar-refractivity contribution in [2.24, 2.45) is 11.7 Å². The van der Waals surface area contributed by atoms with Crippen LogP contribution < -0.4 is 5.73 Å². The Kier molecular flexibility index (Phi) is 4.55. The van der Waals surface area contributed by atoms with Crippen molar-refractivity contribution >= 4 is 11.6 Å². The Hall–Kier alpha value is -0.600. The first kappa shape index (κ1) is 12.5. The van der Waals surface area contributed by atoms with Gasteiger partial charge in [0.2, 0.25) is 0 Å². The second kappa shape index (κ2) is 5.47. The average molecular weight is 230 g/mol.